The Kier molecular flexibility index (Phi) is 3.66. The standard InChI is InChI=1S/C15H17ClF2N2O/c1-9-15(2,4-6-21-9)20-12-8-10(17)7-11(18)14(12)19-13(20)3-5-16/h7-9H,3-6H2,1-2H3. The van der Waals surface area contributed by atoms with Gasteiger partial charge >= 0.3 is 0 Å². The molecule has 1 saturated heterocycles. The lowest BCUT2D eigenvalue weighted by molar-refractivity contribution is 0.0764. The maximum Gasteiger partial charge on any atom is 0.153 e. The van der Waals surface area contributed by atoms with Crippen LogP contribution in [0, 0.1) is 11.6 Å². The third-order valence-corrected chi connectivity index (χ3v) is 4.62. The number of imidazole rings is 1. The molecule has 0 saturated carbocycles. The lowest BCUT2D eigenvalue weighted by Gasteiger charge is -2.32. The van der Waals surface area contributed by atoms with Crippen LogP contribution in [-0.4, -0.2) is 28.1 Å². The van der Waals surface area contributed by atoms with Crippen molar-refractivity contribution in [2.24, 2.45) is 0 Å². The Morgan fingerprint density at radius 1 is 1.48 bits per heavy atom. The summed E-state index contributed by atoms with van der Waals surface area (Å²) in [5, 5.41) is 0. The second-order valence-corrected chi connectivity index (χ2v) is 6.06. The smallest absolute Gasteiger partial charge is 0.153 e. The van der Waals surface area contributed by atoms with Gasteiger partial charge in [0.2, 0.25) is 0 Å². The van der Waals surface area contributed by atoms with Gasteiger partial charge < -0.3 is 9.30 Å². The molecular weight excluding hydrogens is 298 g/mol. The highest BCUT2D eigenvalue weighted by molar-refractivity contribution is 6.17. The Morgan fingerprint density at radius 3 is 2.86 bits per heavy atom. The van der Waals surface area contributed by atoms with Gasteiger partial charge in [-0.1, -0.05) is 0 Å². The average Bonchev–Trinajstić information content (AvgIpc) is 2.92. The average molecular weight is 315 g/mol. The number of fused-ring (bicyclic) bond motifs is 1. The molecule has 21 heavy (non-hydrogen) atoms. The molecule has 0 spiro atoms. The van der Waals surface area contributed by atoms with Crippen molar-refractivity contribution in [2.45, 2.75) is 38.3 Å². The van der Waals surface area contributed by atoms with Crippen molar-refractivity contribution in [1.82, 2.24) is 9.55 Å². The van der Waals surface area contributed by atoms with Gasteiger partial charge in [-0.25, -0.2) is 13.8 Å². The van der Waals surface area contributed by atoms with Gasteiger partial charge in [-0.3, -0.25) is 0 Å². The molecule has 2 aromatic rings. The predicted octanol–water partition coefficient (Wildman–Crippen LogP) is 3.62. The van der Waals surface area contributed by atoms with E-state index in [9.17, 15) is 8.78 Å². The largest absolute Gasteiger partial charge is 0.376 e. The van der Waals surface area contributed by atoms with Gasteiger partial charge in [-0.2, -0.15) is 0 Å². The number of rotatable bonds is 3. The number of ether oxygens (including phenoxy) is 1. The van der Waals surface area contributed by atoms with Crippen LogP contribution in [-0.2, 0) is 16.7 Å². The minimum atomic E-state index is -0.644. The van der Waals surface area contributed by atoms with Crippen LogP contribution in [0.15, 0.2) is 12.1 Å². The first-order valence-electron chi connectivity index (χ1n) is 7.02. The minimum Gasteiger partial charge on any atom is -0.376 e. The molecule has 6 heteroatoms. The first-order chi connectivity index (χ1) is 9.97. The van der Waals surface area contributed by atoms with Crippen molar-refractivity contribution in [3.8, 4) is 0 Å². The number of hydrogen-bond donors (Lipinski definition) is 0. The zero-order chi connectivity index (χ0) is 15.2. The Hall–Kier alpha value is -1.20. The summed E-state index contributed by atoms with van der Waals surface area (Å²) in [7, 11) is 0. The normalized spacial score (nSPS) is 25.9. The van der Waals surface area contributed by atoms with Crippen molar-refractivity contribution >= 4 is 22.6 Å². The first-order valence-corrected chi connectivity index (χ1v) is 7.55. The number of benzene rings is 1. The summed E-state index contributed by atoms with van der Waals surface area (Å²) in [6, 6.07) is 2.19. The summed E-state index contributed by atoms with van der Waals surface area (Å²) in [4.78, 5) is 4.35. The van der Waals surface area contributed by atoms with Gasteiger partial charge in [0.05, 0.1) is 17.2 Å². The van der Waals surface area contributed by atoms with Gasteiger partial charge in [-0.05, 0) is 26.3 Å². The molecule has 2 unspecified atom stereocenters. The third kappa shape index (κ3) is 2.23. The van der Waals surface area contributed by atoms with Crippen LogP contribution < -0.4 is 0 Å². The number of aromatic nitrogens is 2. The zero-order valence-electron chi connectivity index (χ0n) is 12.0. The van der Waals surface area contributed by atoms with E-state index in [1.54, 1.807) is 0 Å². The van der Waals surface area contributed by atoms with Crippen molar-refractivity contribution in [3.05, 3.63) is 29.6 Å². The summed E-state index contributed by atoms with van der Waals surface area (Å²) in [6.45, 7) is 4.63. The van der Waals surface area contributed by atoms with Crippen LogP contribution in [0.2, 0.25) is 0 Å². The number of aryl methyl sites for hydroxylation is 1. The fourth-order valence-electron chi connectivity index (χ4n) is 3.09. The second kappa shape index (κ2) is 5.21. The summed E-state index contributed by atoms with van der Waals surface area (Å²) in [5.74, 6) is -0.202. The van der Waals surface area contributed by atoms with Gasteiger partial charge in [-0.15, -0.1) is 11.6 Å². The van der Waals surface area contributed by atoms with Crippen LogP contribution in [0.1, 0.15) is 26.1 Å². The number of halogens is 3. The van der Waals surface area contributed by atoms with E-state index < -0.39 is 11.6 Å². The van der Waals surface area contributed by atoms with E-state index in [2.05, 4.69) is 4.98 Å². The molecule has 1 aliphatic rings. The molecule has 2 heterocycles. The summed E-state index contributed by atoms with van der Waals surface area (Å²) < 4.78 is 35.2. The molecule has 3 rings (SSSR count). The molecule has 0 aliphatic carbocycles. The SMILES string of the molecule is CC1OCCC1(C)n1c(CCCl)nc2c(F)cc(F)cc21. The highest BCUT2D eigenvalue weighted by Gasteiger charge is 2.41. The van der Waals surface area contributed by atoms with Crippen molar-refractivity contribution < 1.29 is 13.5 Å². The lowest BCUT2D eigenvalue weighted by Crippen LogP contribution is -2.38. The predicted molar refractivity (Wildman–Crippen MR) is 77.8 cm³/mol. The van der Waals surface area contributed by atoms with E-state index in [0.29, 0.717) is 30.2 Å². The highest BCUT2D eigenvalue weighted by Crippen LogP contribution is 2.37. The summed E-state index contributed by atoms with van der Waals surface area (Å²) in [5.41, 5.74) is 0.278. The van der Waals surface area contributed by atoms with E-state index in [-0.39, 0.29) is 17.2 Å². The fraction of sp³-hybridized carbons (Fsp3) is 0.533. The number of alkyl halides is 1. The monoisotopic (exact) mass is 314 g/mol. The Labute approximate surface area is 126 Å². The van der Waals surface area contributed by atoms with Gasteiger partial charge in [0.15, 0.2) is 5.82 Å². The fourth-order valence-corrected chi connectivity index (χ4v) is 3.26. The van der Waals surface area contributed by atoms with Gasteiger partial charge in [0, 0.05) is 25.0 Å². The summed E-state index contributed by atoms with van der Waals surface area (Å²) in [6.07, 6.45) is 1.21. The van der Waals surface area contributed by atoms with Crippen molar-refractivity contribution in [3.63, 3.8) is 0 Å². The molecular formula is C15H17ClF2N2O. The van der Waals surface area contributed by atoms with Crippen LogP contribution in [0.3, 0.4) is 0 Å². The van der Waals surface area contributed by atoms with Crippen molar-refractivity contribution in [2.75, 3.05) is 12.5 Å². The highest BCUT2D eigenvalue weighted by atomic mass is 35.5. The Bertz CT molecular complexity index is 688. The quantitative estimate of drug-likeness (QED) is 0.809. The number of nitrogens with zero attached hydrogens (tertiary/aromatic N) is 2. The molecule has 2 atom stereocenters. The zero-order valence-corrected chi connectivity index (χ0v) is 12.8. The number of hydrogen-bond acceptors (Lipinski definition) is 2. The molecule has 0 bridgehead atoms. The molecule has 1 aromatic heterocycles. The minimum absolute atomic E-state index is 0.0599. The van der Waals surface area contributed by atoms with E-state index in [1.807, 2.05) is 18.4 Å². The van der Waals surface area contributed by atoms with Crippen molar-refractivity contribution in [1.29, 1.82) is 0 Å². The van der Waals surface area contributed by atoms with Crippen LogP contribution in [0.4, 0.5) is 8.78 Å². The molecule has 114 valence electrons. The molecule has 1 fully saturated rings. The van der Waals surface area contributed by atoms with Crippen LogP contribution in [0.5, 0.6) is 0 Å². The molecule has 0 radical (unpaired) electrons. The molecule has 3 nitrogen and oxygen atoms in total. The van der Waals surface area contributed by atoms with E-state index in [0.717, 1.165) is 12.5 Å². The third-order valence-electron chi connectivity index (χ3n) is 4.43. The first kappa shape index (κ1) is 14.7. The Balaban J connectivity index is 2.30. The molecule has 0 amide bonds. The van der Waals surface area contributed by atoms with Crippen LogP contribution >= 0.6 is 11.6 Å². The van der Waals surface area contributed by atoms with Gasteiger partial charge in [0.25, 0.3) is 0 Å². The summed E-state index contributed by atoms with van der Waals surface area (Å²) >= 11 is 5.84. The van der Waals surface area contributed by atoms with E-state index >= 15 is 0 Å². The van der Waals surface area contributed by atoms with Crippen LogP contribution in [0.25, 0.3) is 11.0 Å². The second-order valence-electron chi connectivity index (χ2n) is 5.68. The topological polar surface area (TPSA) is 27.1 Å². The van der Waals surface area contributed by atoms with E-state index in [4.69, 9.17) is 16.3 Å². The molecule has 1 aromatic carbocycles. The van der Waals surface area contributed by atoms with Gasteiger partial charge in [0.1, 0.15) is 17.2 Å². The maximum atomic E-state index is 14.0. The lowest BCUT2D eigenvalue weighted by atomic mass is 9.93. The van der Waals surface area contributed by atoms with E-state index in [1.165, 1.54) is 6.07 Å². The molecule has 0 N–H and O–H groups in total. The molecule has 1 aliphatic heterocycles. The maximum absolute atomic E-state index is 14.0. The Morgan fingerprint density at radius 2 is 2.24 bits per heavy atom.